The van der Waals surface area contributed by atoms with Crippen molar-refractivity contribution >= 4 is 11.9 Å². The average molecular weight is 272 g/mol. The third kappa shape index (κ3) is 7.99. The lowest BCUT2D eigenvalue weighted by Gasteiger charge is -2.09. The minimum absolute atomic E-state index is 0.0374. The Morgan fingerprint density at radius 3 is 2.58 bits per heavy atom. The summed E-state index contributed by atoms with van der Waals surface area (Å²) in [6.07, 6.45) is 3.86. The van der Waals surface area contributed by atoms with Gasteiger partial charge in [-0.25, -0.2) is 9.59 Å². The van der Waals surface area contributed by atoms with Gasteiger partial charge in [0.05, 0.1) is 25.0 Å². The zero-order valence-electron chi connectivity index (χ0n) is 11.3. The number of carbonyl (C=O) groups is 2. The van der Waals surface area contributed by atoms with Crippen LogP contribution in [0.25, 0.3) is 0 Å². The maximum absolute atomic E-state index is 11.0. The molecule has 0 spiro atoms. The lowest BCUT2D eigenvalue weighted by atomic mass is 10.2. The highest BCUT2D eigenvalue weighted by Gasteiger charge is 2.17. The van der Waals surface area contributed by atoms with Gasteiger partial charge in [0.1, 0.15) is 6.61 Å². The van der Waals surface area contributed by atoms with Gasteiger partial charge < -0.3 is 19.3 Å². The van der Waals surface area contributed by atoms with Crippen molar-refractivity contribution in [2.45, 2.75) is 25.9 Å². The molecule has 0 bridgehead atoms. The van der Waals surface area contributed by atoms with Crippen molar-refractivity contribution in [2.24, 2.45) is 0 Å². The first kappa shape index (κ1) is 17.2. The Bertz CT molecular complexity index is 328. The highest BCUT2D eigenvalue weighted by molar-refractivity contribution is 5.87. The summed E-state index contributed by atoms with van der Waals surface area (Å²) in [5.41, 5.74) is 0.206. The molecule has 0 aromatic rings. The van der Waals surface area contributed by atoms with Crippen LogP contribution in [-0.4, -0.2) is 43.5 Å². The van der Waals surface area contributed by atoms with Gasteiger partial charge in [-0.3, -0.25) is 0 Å². The van der Waals surface area contributed by atoms with Gasteiger partial charge in [-0.1, -0.05) is 6.58 Å². The van der Waals surface area contributed by atoms with Crippen molar-refractivity contribution in [1.29, 1.82) is 0 Å². The predicted octanol–water partition coefficient (Wildman–Crippen LogP) is 1.52. The first-order valence-electron chi connectivity index (χ1n) is 5.85. The molecule has 19 heavy (non-hydrogen) atoms. The Morgan fingerprint density at radius 2 is 2.21 bits per heavy atom. The lowest BCUT2D eigenvalue weighted by molar-refractivity contribution is -0.142. The summed E-state index contributed by atoms with van der Waals surface area (Å²) in [6.45, 7) is 5.68. The van der Waals surface area contributed by atoms with Crippen LogP contribution in [0.5, 0.6) is 0 Å². The second-order valence-corrected chi connectivity index (χ2v) is 3.77. The van der Waals surface area contributed by atoms with Crippen LogP contribution in [0.3, 0.4) is 0 Å². The SMILES string of the molecule is C=CC(=O)OC.CC(=CO)C(=O)OCC1CCCO1. The summed E-state index contributed by atoms with van der Waals surface area (Å²) >= 11 is 0. The molecule has 1 fully saturated rings. The molecule has 6 heteroatoms. The van der Waals surface area contributed by atoms with Gasteiger partial charge in [0.25, 0.3) is 0 Å². The zero-order valence-corrected chi connectivity index (χ0v) is 11.3. The van der Waals surface area contributed by atoms with Crippen molar-refractivity contribution in [3.63, 3.8) is 0 Å². The molecule has 1 N–H and O–H groups in total. The second kappa shape index (κ2) is 10.1. The van der Waals surface area contributed by atoms with E-state index in [1.54, 1.807) is 0 Å². The topological polar surface area (TPSA) is 82.1 Å². The summed E-state index contributed by atoms with van der Waals surface area (Å²) in [6, 6.07) is 0. The van der Waals surface area contributed by atoms with Crippen LogP contribution in [0.4, 0.5) is 0 Å². The third-order valence-corrected chi connectivity index (χ3v) is 2.31. The van der Waals surface area contributed by atoms with E-state index in [0.29, 0.717) is 0 Å². The summed E-state index contributed by atoms with van der Waals surface area (Å²) in [4.78, 5) is 20.9. The number of aliphatic hydroxyl groups excluding tert-OH is 1. The Labute approximate surface area is 112 Å². The van der Waals surface area contributed by atoms with E-state index in [9.17, 15) is 9.59 Å². The number of hydrogen-bond acceptors (Lipinski definition) is 6. The van der Waals surface area contributed by atoms with Gasteiger partial charge in [-0.05, 0) is 19.8 Å². The van der Waals surface area contributed by atoms with Crippen molar-refractivity contribution in [3.8, 4) is 0 Å². The molecule has 1 heterocycles. The summed E-state index contributed by atoms with van der Waals surface area (Å²) in [5.74, 6) is -0.881. The standard InChI is InChI=1S/C9H14O4.C4H6O2/c1-7(5-10)9(11)13-6-8-3-2-4-12-8;1-3-4(5)6-2/h5,8,10H,2-4,6H2,1H3;3H,1H2,2H3. The minimum Gasteiger partial charge on any atom is -0.515 e. The third-order valence-electron chi connectivity index (χ3n) is 2.31. The Morgan fingerprint density at radius 1 is 1.53 bits per heavy atom. The van der Waals surface area contributed by atoms with Crippen LogP contribution < -0.4 is 0 Å². The zero-order chi connectivity index (χ0) is 14.7. The molecule has 0 aromatic heterocycles. The molecule has 0 radical (unpaired) electrons. The van der Waals surface area contributed by atoms with Crippen LogP contribution in [-0.2, 0) is 23.8 Å². The molecule has 108 valence electrons. The molecule has 0 aromatic carbocycles. The van der Waals surface area contributed by atoms with E-state index in [0.717, 1.165) is 31.8 Å². The second-order valence-electron chi connectivity index (χ2n) is 3.77. The molecule has 0 saturated carbocycles. The molecule has 1 saturated heterocycles. The Balaban J connectivity index is 0.000000459. The van der Waals surface area contributed by atoms with Crippen molar-refractivity contribution in [3.05, 3.63) is 24.5 Å². The summed E-state index contributed by atoms with van der Waals surface area (Å²) in [7, 11) is 1.31. The Hall–Kier alpha value is -1.82. The van der Waals surface area contributed by atoms with Gasteiger partial charge >= 0.3 is 11.9 Å². The molecule has 0 aliphatic carbocycles. The normalized spacial score (nSPS) is 18.0. The Kier molecular flexibility index (Phi) is 9.16. The molecule has 1 atom stereocenters. The quantitative estimate of drug-likeness (QED) is 0.474. The fraction of sp³-hybridized carbons (Fsp3) is 0.538. The van der Waals surface area contributed by atoms with Crippen molar-refractivity contribution in [1.82, 2.24) is 0 Å². The molecular formula is C13H20O6. The van der Waals surface area contributed by atoms with Crippen molar-refractivity contribution < 1.29 is 28.9 Å². The molecular weight excluding hydrogens is 252 g/mol. The highest BCUT2D eigenvalue weighted by Crippen LogP contribution is 2.12. The number of aliphatic hydroxyl groups is 1. The minimum atomic E-state index is -0.488. The first-order chi connectivity index (χ1) is 9.04. The molecule has 1 rings (SSSR count). The maximum atomic E-state index is 11.0. The van der Waals surface area contributed by atoms with Gasteiger partial charge in [-0.15, -0.1) is 0 Å². The molecule has 1 unspecified atom stereocenters. The van der Waals surface area contributed by atoms with E-state index < -0.39 is 11.9 Å². The van der Waals surface area contributed by atoms with E-state index in [1.807, 2.05) is 0 Å². The number of ether oxygens (including phenoxy) is 3. The van der Waals surface area contributed by atoms with Crippen LogP contribution in [0, 0.1) is 0 Å². The smallest absolute Gasteiger partial charge is 0.336 e. The average Bonchev–Trinajstić information content (AvgIpc) is 2.96. The fourth-order valence-electron chi connectivity index (χ4n) is 1.19. The molecule has 1 aliphatic heterocycles. The molecule has 6 nitrogen and oxygen atoms in total. The van der Waals surface area contributed by atoms with Crippen LogP contribution >= 0.6 is 0 Å². The monoisotopic (exact) mass is 272 g/mol. The van der Waals surface area contributed by atoms with E-state index in [4.69, 9.17) is 14.6 Å². The fourth-order valence-corrected chi connectivity index (χ4v) is 1.19. The number of hydrogen-bond donors (Lipinski definition) is 1. The maximum Gasteiger partial charge on any atom is 0.336 e. The number of methoxy groups -OCH3 is 1. The lowest BCUT2D eigenvalue weighted by Crippen LogP contribution is -2.18. The van der Waals surface area contributed by atoms with E-state index in [2.05, 4.69) is 11.3 Å². The van der Waals surface area contributed by atoms with Gasteiger partial charge in [0.15, 0.2) is 0 Å². The highest BCUT2D eigenvalue weighted by atomic mass is 16.6. The molecule has 1 aliphatic rings. The van der Waals surface area contributed by atoms with Gasteiger partial charge in [0, 0.05) is 12.7 Å². The van der Waals surface area contributed by atoms with Crippen LogP contribution in [0.15, 0.2) is 24.5 Å². The van der Waals surface area contributed by atoms with Crippen molar-refractivity contribution in [2.75, 3.05) is 20.3 Å². The predicted molar refractivity (Wildman–Crippen MR) is 68.5 cm³/mol. The first-order valence-corrected chi connectivity index (χ1v) is 5.85. The van der Waals surface area contributed by atoms with E-state index >= 15 is 0 Å². The number of rotatable bonds is 4. The largest absolute Gasteiger partial charge is 0.515 e. The van der Waals surface area contributed by atoms with E-state index in [1.165, 1.54) is 14.0 Å². The van der Waals surface area contributed by atoms with Gasteiger partial charge in [-0.2, -0.15) is 0 Å². The molecule has 0 amide bonds. The summed E-state index contributed by atoms with van der Waals surface area (Å²) < 4.78 is 14.3. The summed E-state index contributed by atoms with van der Waals surface area (Å²) in [5, 5.41) is 8.50. The number of esters is 2. The number of carbonyl (C=O) groups excluding carboxylic acids is 2. The van der Waals surface area contributed by atoms with Crippen LogP contribution in [0.2, 0.25) is 0 Å². The van der Waals surface area contributed by atoms with Crippen LogP contribution in [0.1, 0.15) is 19.8 Å². The van der Waals surface area contributed by atoms with Gasteiger partial charge in [0.2, 0.25) is 0 Å². The van der Waals surface area contributed by atoms with E-state index in [-0.39, 0.29) is 18.3 Å².